The van der Waals surface area contributed by atoms with Gasteiger partial charge in [0, 0.05) is 16.1 Å². The van der Waals surface area contributed by atoms with Crippen LogP contribution in [0, 0.1) is 22.7 Å². The van der Waals surface area contributed by atoms with Gasteiger partial charge >= 0.3 is 0 Å². The molecule has 176 valence electrons. The molecule has 0 aromatic heterocycles. The predicted octanol–water partition coefficient (Wildman–Crippen LogP) is 5.89. The van der Waals surface area contributed by atoms with Crippen LogP contribution in [0.4, 0.5) is 5.69 Å². The van der Waals surface area contributed by atoms with Crippen molar-refractivity contribution in [2.24, 2.45) is 27.8 Å². The van der Waals surface area contributed by atoms with Gasteiger partial charge in [-0.3, -0.25) is 4.79 Å². The molecule has 0 heterocycles. The van der Waals surface area contributed by atoms with Gasteiger partial charge in [0.1, 0.15) is 0 Å². The van der Waals surface area contributed by atoms with E-state index >= 15 is 0 Å². The number of nitrogens with one attached hydrogen (secondary N) is 1. The van der Waals surface area contributed by atoms with Crippen molar-refractivity contribution in [3.63, 3.8) is 0 Å². The zero-order chi connectivity index (χ0) is 23.2. The number of nitrogens with zero attached hydrogens (tertiary/aromatic N) is 1. The van der Waals surface area contributed by atoms with Gasteiger partial charge in [-0.25, -0.2) is 0 Å². The minimum atomic E-state index is -0.245. The summed E-state index contributed by atoms with van der Waals surface area (Å²) in [4.78, 5) is 17.8. The molecule has 0 bridgehead atoms. The largest absolute Gasteiger partial charge is 0.393 e. The number of halogens is 1. The van der Waals surface area contributed by atoms with Crippen molar-refractivity contribution in [3.05, 3.63) is 52.6 Å². The molecule has 2 N–H and O–H groups in total. The first kappa shape index (κ1) is 22.7. The number of aliphatic hydroxyl groups excluding tert-OH is 1. The lowest BCUT2D eigenvalue weighted by Gasteiger charge is -2.53. The summed E-state index contributed by atoms with van der Waals surface area (Å²) in [5, 5.41) is 18.0. The molecule has 0 unspecified atom stereocenters. The van der Waals surface area contributed by atoms with Crippen LogP contribution in [0.1, 0.15) is 58.8 Å². The number of hydrogen-bond acceptors (Lipinski definition) is 4. The van der Waals surface area contributed by atoms with Gasteiger partial charge in [-0.2, -0.15) is 0 Å². The molecule has 0 spiro atoms. The summed E-state index contributed by atoms with van der Waals surface area (Å²) in [5.74, 6) is 0.789. The van der Waals surface area contributed by atoms with Crippen LogP contribution in [0.5, 0.6) is 0 Å². The van der Waals surface area contributed by atoms with E-state index in [1.165, 1.54) is 5.57 Å². The molecule has 1 amide bonds. The third-order valence-electron chi connectivity index (χ3n) is 8.77. The van der Waals surface area contributed by atoms with E-state index in [1.807, 2.05) is 0 Å². The van der Waals surface area contributed by atoms with Gasteiger partial charge in [0.2, 0.25) is 0 Å². The molecule has 1 aromatic rings. The Morgan fingerprint density at radius 2 is 1.97 bits per heavy atom. The Hall–Kier alpha value is -2.11. The maximum atomic E-state index is 12.3. The fourth-order valence-corrected chi connectivity index (χ4v) is 7.05. The Morgan fingerprint density at radius 1 is 1.18 bits per heavy atom. The first-order valence-corrected chi connectivity index (χ1v) is 12.5. The Bertz CT molecular complexity index is 1050. The second-order valence-electron chi connectivity index (χ2n) is 10.6. The van der Waals surface area contributed by atoms with Crippen molar-refractivity contribution in [2.45, 2.75) is 64.9 Å². The highest BCUT2D eigenvalue weighted by atomic mass is 35.5. The van der Waals surface area contributed by atoms with Crippen LogP contribution in [0.25, 0.3) is 0 Å². The number of rotatable bonds is 4. The second-order valence-corrected chi connectivity index (χ2v) is 11.1. The summed E-state index contributed by atoms with van der Waals surface area (Å²) in [6, 6.07) is 7.06. The fraction of sp³-hybridized carbons (Fsp3) is 0.556. The van der Waals surface area contributed by atoms with E-state index < -0.39 is 0 Å². The average Bonchev–Trinajstić information content (AvgIpc) is 3.11. The van der Waals surface area contributed by atoms with Gasteiger partial charge in [-0.05, 0) is 80.4 Å². The van der Waals surface area contributed by atoms with E-state index in [-0.39, 0.29) is 29.4 Å². The number of benzene rings is 1. The number of aliphatic hydroxyl groups is 1. The summed E-state index contributed by atoms with van der Waals surface area (Å²) < 4.78 is 0. The molecule has 0 saturated heterocycles. The minimum absolute atomic E-state index is 0.0123. The van der Waals surface area contributed by atoms with E-state index in [0.29, 0.717) is 22.5 Å². The van der Waals surface area contributed by atoms with Crippen LogP contribution >= 0.6 is 11.6 Å². The maximum Gasteiger partial charge on any atom is 0.265 e. The number of hydrogen-bond donors (Lipinski definition) is 2. The standard InChI is InChI=1S/C27H33ClN2O3/c1-26-12-10-20(31)14-17(26)6-7-21-22-8-9-24(27(22,2)13-11-23(21)26)30-33-16-25(32)29-19-5-3-4-18(28)15-19/h3-7,15,20,22-23,31H,8-14,16H2,1-2H3,(H,29,32)/b30-24+/t20-,22-,23-,26-,27-/m0/s1. The van der Waals surface area contributed by atoms with Crippen molar-refractivity contribution in [2.75, 3.05) is 11.9 Å². The summed E-state index contributed by atoms with van der Waals surface area (Å²) in [6.07, 6.45) is 11.5. The summed E-state index contributed by atoms with van der Waals surface area (Å²) in [7, 11) is 0. The van der Waals surface area contributed by atoms with Crippen LogP contribution in [-0.2, 0) is 9.63 Å². The highest BCUT2D eigenvalue weighted by molar-refractivity contribution is 6.30. The lowest BCUT2D eigenvalue weighted by molar-refractivity contribution is -0.120. The number of oxime groups is 1. The zero-order valence-corrected chi connectivity index (χ0v) is 20.2. The number of fused-ring (bicyclic) bond motifs is 5. The van der Waals surface area contributed by atoms with Crippen LogP contribution in [-0.4, -0.2) is 29.4 Å². The van der Waals surface area contributed by atoms with E-state index in [2.05, 4.69) is 36.5 Å². The smallest absolute Gasteiger partial charge is 0.265 e. The number of amides is 1. The van der Waals surface area contributed by atoms with Gasteiger partial charge in [-0.1, -0.05) is 60.0 Å². The normalized spacial score (nSPS) is 36.2. The SMILES string of the molecule is C[C@]12CC[C@H](O)CC1=CC=C1[C@@H]2CC[C@]2(C)/C(=N/OCC(=O)Nc3cccc(Cl)c3)CC[C@@H]12. The molecule has 5 rings (SSSR count). The van der Waals surface area contributed by atoms with Gasteiger partial charge in [0.25, 0.3) is 5.91 Å². The van der Waals surface area contributed by atoms with E-state index in [4.69, 9.17) is 16.4 Å². The molecule has 3 fully saturated rings. The Labute approximate surface area is 200 Å². The molecule has 5 atom stereocenters. The fourth-order valence-electron chi connectivity index (χ4n) is 6.86. The predicted molar refractivity (Wildman–Crippen MR) is 131 cm³/mol. The van der Waals surface area contributed by atoms with Crippen molar-refractivity contribution >= 4 is 28.9 Å². The monoisotopic (exact) mass is 468 g/mol. The second kappa shape index (κ2) is 8.59. The third-order valence-corrected chi connectivity index (χ3v) is 9.00. The van der Waals surface area contributed by atoms with Crippen molar-refractivity contribution in [1.29, 1.82) is 0 Å². The first-order chi connectivity index (χ1) is 15.8. The van der Waals surface area contributed by atoms with Crippen molar-refractivity contribution in [1.82, 2.24) is 0 Å². The van der Waals surface area contributed by atoms with Crippen LogP contribution in [0.3, 0.4) is 0 Å². The third kappa shape index (κ3) is 4.04. The lowest BCUT2D eigenvalue weighted by Crippen LogP contribution is -2.46. The van der Waals surface area contributed by atoms with Crippen molar-refractivity contribution < 1.29 is 14.7 Å². The molecule has 1 aromatic carbocycles. The lowest BCUT2D eigenvalue weighted by atomic mass is 9.51. The Kier molecular flexibility index (Phi) is 5.90. The minimum Gasteiger partial charge on any atom is -0.393 e. The maximum absolute atomic E-state index is 12.3. The molecule has 6 heteroatoms. The van der Waals surface area contributed by atoms with Gasteiger partial charge < -0.3 is 15.3 Å². The quantitative estimate of drug-likeness (QED) is 0.541. The molecule has 4 aliphatic carbocycles. The highest BCUT2D eigenvalue weighted by Crippen LogP contribution is 2.62. The Morgan fingerprint density at radius 3 is 2.79 bits per heavy atom. The molecular weight excluding hydrogens is 436 g/mol. The summed E-state index contributed by atoms with van der Waals surface area (Å²) in [5.41, 5.74) is 4.90. The number of carbonyl (C=O) groups is 1. The zero-order valence-electron chi connectivity index (χ0n) is 19.4. The molecule has 3 saturated carbocycles. The van der Waals surface area contributed by atoms with Gasteiger partial charge in [0.05, 0.1) is 11.8 Å². The molecule has 0 aliphatic heterocycles. The van der Waals surface area contributed by atoms with Crippen LogP contribution in [0.2, 0.25) is 5.02 Å². The van der Waals surface area contributed by atoms with Gasteiger partial charge in [-0.15, -0.1) is 0 Å². The average molecular weight is 469 g/mol. The van der Waals surface area contributed by atoms with Crippen molar-refractivity contribution in [3.8, 4) is 0 Å². The van der Waals surface area contributed by atoms with E-state index in [0.717, 1.165) is 50.7 Å². The number of allylic oxidation sites excluding steroid dienone is 3. The summed E-state index contributed by atoms with van der Waals surface area (Å²) >= 11 is 5.98. The molecule has 0 radical (unpaired) electrons. The topological polar surface area (TPSA) is 70.9 Å². The van der Waals surface area contributed by atoms with Gasteiger partial charge in [0.15, 0.2) is 6.61 Å². The number of carbonyl (C=O) groups excluding carboxylic acids is 1. The van der Waals surface area contributed by atoms with E-state index in [9.17, 15) is 9.90 Å². The molecular formula is C27H33ClN2O3. The molecule has 33 heavy (non-hydrogen) atoms. The van der Waals surface area contributed by atoms with E-state index in [1.54, 1.807) is 29.8 Å². The first-order valence-electron chi connectivity index (χ1n) is 12.1. The van der Waals surface area contributed by atoms with Crippen LogP contribution in [0.15, 0.2) is 52.7 Å². The highest BCUT2D eigenvalue weighted by Gasteiger charge is 2.55. The molecule has 4 aliphatic rings. The number of anilines is 1. The summed E-state index contributed by atoms with van der Waals surface area (Å²) in [6.45, 7) is 4.62. The molecule has 5 nitrogen and oxygen atoms in total. The van der Waals surface area contributed by atoms with Crippen LogP contribution < -0.4 is 5.32 Å². The Balaban J connectivity index is 1.27.